The van der Waals surface area contributed by atoms with Crippen molar-refractivity contribution in [3.05, 3.63) is 34.9 Å². The third kappa shape index (κ3) is 3.48. The van der Waals surface area contributed by atoms with Crippen LogP contribution in [0, 0.1) is 11.3 Å². The Morgan fingerprint density at radius 1 is 1.12 bits per heavy atom. The minimum atomic E-state index is 0.527. The van der Waals surface area contributed by atoms with E-state index in [1.807, 2.05) is 30.5 Å². The van der Waals surface area contributed by atoms with Gasteiger partial charge in [-0.1, -0.05) is 35.5 Å². The summed E-state index contributed by atoms with van der Waals surface area (Å²) >= 11 is 7.47. The second-order valence-corrected chi connectivity index (χ2v) is 6.88. The summed E-state index contributed by atoms with van der Waals surface area (Å²) in [5.41, 5.74) is 2.08. The normalized spacial score (nSPS) is 15.3. The van der Waals surface area contributed by atoms with Crippen molar-refractivity contribution in [2.75, 3.05) is 44.4 Å². The smallest absolute Gasteiger partial charge is 0.189 e. The first kappa shape index (κ1) is 17.0. The van der Waals surface area contributed by atoms with Crippen molar-refractivity contribution in [3.63, 3.8) is 0 Å². The largest absolute Gasteiger partial charge is 0.353 e. The Hall–Kier alpha value is -1.81. The maximum Gasteiger partial charge on any atom is 0.189 e. The number of thioether (sulfide) groups is 1. The highest BCUT2D eigenvalue weighted by Crippen LogP contribution is 2.31. The number of nitriles is 1. The van der Waals surface area contributed by atoms with Crippen molar-refractivity contribution in [1.29, 1.82) is 5.26 Å². The third-order valence-electron chi connectivity index (χ3n) is 4.08. The van der Waals surface area contributed by atoms with Gasteiger partial charge in [0.1, 0.15) is 11.6 Å². The molecule has 0 amide bonds. The number of hydrogen-bond donors (Lipinski definition) is 0. The molecule has 1 fully saturated rings. The topological polar surface area (TPSA) is 56.1 Å². The molecular formula is C17H18ClN5S. The van der Waals surface area contributed by atoms with E-state index in [4.69, 9.17) is 11.6 Å². The Labute approximate surface area is 151 Å². The Balaban J connectivity index is 2.10. The molecule has 124 valence electrons. The Bertz CT molecular complexity index is 764. The van der Waals surface area contributed by atoms with E-state index < -0.39 is 0 Å². The van der Waals surface area contributed by atoms with Crippen molar-refractivity contribution in [1.82, 2.24) is 14.9 Å². The summed E-state index contributed by atoms with van der Waals surface area (Å²) in [5.74, 6) is 0.731. The molecule has 1 saturated heterocycles. The summed E-state index contributed by atoms with van der Waals surface area (Å²) in [7, 11) is 2.11. The zero-order chi connectivity index (χ0) is 17.1. The molecule has 7 heteroatoms. The SMILES string of the molecule is CSc1nc(-c2ccc(Cl)cc2)c(C#N)c(N2CCN(C)CC2)n1. The first-order valence-corrected chi connectivity index (χ1v) is 9.28. The van der Waals surface area contributed by atoms with Gasteiger partial charge in [-0.25, -0.2) is 9.97 Å². The molecule has 0 aliphatic carbocycles. The summed E-state index contributed by atoms with van der Waals surface area (Å²) < 4.78 is 0. The quantitative estimate of drug-likeness (QED) is 0.620. The molecule has 0 unspecified atom stereocenters. The second-order valence-electron chi connectivity index (χ2n) is 5.67. The number of anilines is 1. The fourth-order valence-electron chi connectivity index (χ4n) is 2.69. The average molecular weight is 360 g/mol. The Morgan fingerprint density at radius 3 is 2.38 bits per heavy atom. The first-order valence-electron chi connectivity index (χ1n) is 7.68. The highest BCUT2D eigenvalue weighted by molar-refractivity contribution is 7.98. The zero-order valence-electron chi connectivity index (χ0n) is 13.7. The van der Waals surface area contributed by atoms with Crippen LogP contribution in [0.25, 0.3) is 11.3 Å². The number of nitrogens with zero attached hydrogens (tertiary/aromatic N) is 5. The Kier molecular flexibility index (Phi) is 5.24. The predicted molar refractivity (Wildman–Crippen MR) is 98.7 cm³/mol. The maximum atomic E-state index is 9.76. The van der Waals surface area contributed by atoms with Crippen LogP contribution in [0.2, 0.25) is 5.02 Å². The number of likely N-dealkylation sites (N-methyl/N-ethyl adjacent to an activating group) is 1. The van der Waals surface area contributed by atoms with Gasteiger partial charge in [-0.3, -0.25) is 0 Å². The van der Waals surface area contributed by atoms with Gasteiger partial charge in [-0.15, -0.1) is 0 Å². The number of rotatable bonds is 3. The van der Waals surface area contributed by atoms with E-state index in [1.54, 1.807) is 0 Å². The molecule has 2 heterocycles. The summed E-state index contributed by atoms with van der Waals surface area (Å²) in [6, 6.07) is 9.73. The van der Waals surface area contributed by atoms with E-state index in [1.165, 1.54) is 11.8 Å². The van der Waals surface area contributed by atoms with Gasteiger partial charge in [0.25, 0.3) is 0 Å². The van der Waals surface area contributed by atoms with E-state index >= 15 is 0 Å². The van der Waals surface area contributed by atoms with Crippen molar-refractivity contribution >= 4 is 29.2 Å². The van der Waals surface area contributed by atoms with Gasteiger partial charge in [-0.2, -0.15) is 5.26 Å². The van der Waals surface area contributed by atoms with Gasteiger partial charge >= 0.3 is 0 Å². The first-order chi connectivity index (χ1) is 11.6. The molecule has 0 saturated carbocycles. The lowest BCUT2D eigenvalue weighted by Gasteiger charge is -2.33. The highest BCUT2D eigenvalue weighted by Gasteiger charge is 2.23. The summed E-state index contributed by atoms with van der Waals surface area (Å²) in [6.45, 7) is 3.63. The predicted octanol–water partition coefficient (Wildman–Crippen LogP) is 3.14. The molecule has 0 bridgehead atoms. The van der Waals surface area contributed by atoms with Crippen molar-refractivity contribution in [2.45, 2.75) is 5.16 Å². The molecule has 0 atom stereocenters. The van der Waals surface area contributed by atoms with Gasteiger partial charge in [-0.05, 0) is 25.4 Å². The highest BCUT2D eigenvalue weighted by atomic mass is 35.5. The molecule has 1 aromatic heterocycles. The second kappa shape index (κ2) is 7.39. The van der Waals surface area contributed by atoms with E-state index in [0.717, 1.165) is 37.6 Å². The lowest BCUT2D eigenvalue weighted by atomic mass is 10.1. The molecule has 5 nitrogen and oxygen atoms in total. The summed E-state index contributed by atoms with van der Waals surface area (Å²) in [6.07, 6.45) is 1.95. The fraction of sp³-hybridized carbons (Fsp3) is 0.353. The van der Waals surface area contributed by atoms with Crippen LogP contribution in [0.4, 0.5) is 5.82 Å². The number of hydrogen-bond acceptors (Lipinski definition) is 6. The molecule has 1 aliphatic heterocycles. The van der Waals surface area contributed by atoms with Crippen LogP contribution in [-0.4, -0.2) is 54.4 Å². The van der Waals surface area contributed by atoms with Gasteiger partial charge in [0.05, 0.1) is 5.69 Å². The van der Waals surface area contributed by atoms with E-state index in [2.05, 4.69) is 32.9 Å². The van der Waals surface area contributed by atoms with Crippen LogP contribution in [0.1, 0.15) is 5.56 Å². The van der Waals surface area contributed by atoms with E-state index in [0.29, 0.717) is 21.4 Å². The van der Waals surface area contributed by atoms with Crippen molar-refractivity contribution in [3.8, 4) is 17.3 Å². The van der Waals surface area contributed by atoms with Gasteiger partial charge < -0.3 is 9.80 Å². The average Bonchev–Trinajstić information content (AvgIpc) is 2.62. The summed E-state index contributed by atoms with van der Waals surface area (Å²) in [5, 5.41) is 11.1. The van der Waals surface area contributed by atoms with Crippen molar-refractivity contribution < 1.29 is 0 Å². The molecule has 2 aromatic rings. The Morgan fingerprint density at radius 2 is 1.79 bits per heavy atom. The third-order valence-corrected chi connectivity index (χ3v) is 4.88. The number of halogens is 1. The molecule has 0 N–H and O–H groups in total. The molecule has 0 spiro atoms. The number of piperazine rings is 1. The molecular weight excluding hydrogens is 342 g/mol. The lowest BCUT2D eigenvalue weighted by molar-refractivity contribution is 0.311. The number of benzene rings is 1. The van der Waals surface area contributed by atoms with Gasteiger partial charge in [0, 0.05) is 36.8 Å². The van der Waals surface area contributed by atoms with Gasteiger partial charge in [0.15, 0.2) is 11.0 Å². The van der Waals surface area contributed by atoms with E-state index in [9.17, 15) is 5.26 Å². The van der Waals surface area contributed by atoms with Gasteiger partial charge in [0.2, 0.25) is 0 Å². The van der Waals surface area contributed by atoms with Crippen LogP contribution in [0.3, 0.4) is 0 Å². The van der Waals surface area contributed by atoms with Crippen LogP contribution in [-0.2, 0) is 0 Å². The summed E-state index contributed by atoms with van der Waals surface area (Å²) in [4.78, 5) is 13.7. The zero-order valence-corrected chi connectivity index (χ0v) is 15.2. The maximum absolute atomic E-state index is 9.76. The monoisotopic (exact) mass is 359 g/mol. The van der Waals surface area contributed by atoms with E-state index in [-0.39, 0.29) is 0 Å². The minimum absolute atomic E-state index is 0.527. The minimum Gasteiger partial charge on any atom is -0.353 e. The van der Waals surface area contributed by atoms with Crippen LogP contribution < -0.4 is 4.90 Å². The molecule has 3 rings (SSSR count). The lowest BCUT2D eigenvalue weighted by Crippen LogP contribution is -2.45. The molecule has 0 radical (unpaired) electrons. The number of aromatic nitrogens is 2. The van der Waals surface area contributed by atoms with Crippen molar-refractivity contribution in [2.24, 2.45) is 0 Å². The van der Waals surface area contributed by atoms with Crippen LogP contribution >= 0.6 is 23.4 Å². The molecule has 1 aliphatic rings. The standard InChI is InChI=1S/C17H18ClN5S/c1-22-7-9-23(10-8-22)16-14(11-19)15(20-17(21-16)24-2)12-3-5-13(18)6-4-12/h3-6H,7-10H2,1-2H3. The molecule has 24 heavy (non-hydrogen) atoms. The van der Waals surface area contributed by atoms with Crippen LogP contribution in [0.5, 0.6) is 0 Å². The fourth-order valence-corrected chi connectivity index (χ4v) is 3.17. The molecule has 1 aromatic carbocycles. The van der Waals surface area contributed by atoms with Crippen LogP contribution in [0.15, 0.2) is 29.4 Å².